The quantitative estimate of drug-likeness (QED) is 0.463. The zero-order valence-corrected chi connectivity index (χ0v) is 16.1. The minimum absolute atomic E-state index is 0.229. The van der Waals surface area contributed by atoms with Gasteiger partial charge >= 0.3 is 0 Å². The van der Waals surface area contributed by atoms with Crippen LogP contribution in [0.3, 0.4) is 0 Å². The second kappa shape index (κ2) is 7.76. The van der Waals surface area contributed by atoms with Gasteiger partial charge in [0.05, 0.1) is 0 Å². The molecular formula is C25H21NO3. The molecule has 0 aliphatic carbocycles. The molecule has 1 aliphatic heterocycles. The van der Waals surface area contributed by atoms with E-state index in [0.717, 1.165) is 16.7 Å². The first-order valence-corrected chi connectivity index (χ1v) is 9.47. The molecule has 0 aromatic heterocycles. The zero-order valence-electron chi connectivity index (χ0n) is 16.1. The molecule has 1 aliphatic rings. The number of carbonyl (C=O) groups excluding carboxylic acids is 1. The lowest BCUT2D eigenvalue weighted by Gasteiger charge is -2.19. The molecule has 2 atom stereocenters. The van der Waals surface area contributed by atoms with Gasteiger partial charge in [-0.2, -0.15) is 0 Å². The molecule has 1 heterocycles. The van der Waals surface area contributed by atoms with Crippen LogP contribution < -0.4 is 0 Å². The van der Waals surface area contributed by atoms with Gasteiger partial charge in [0, 0.05) is 16.0 Å². The van der Waals surface area contributed by atoms with Gasteiger partial charge in [-0.1, -0.05) is 97.1 Å². The molecule has 0 bridgehead atoms. The summed E-state index contributed by atoms with van der Waals surface area (Å²) in [7, 11) is 0. The molecule has 0 N–H and O–H groups in total. The summed E-state index contributed by atoms with van der Waals surface area (Å²) in [6.45, 7) is 6.14. The molecule has 3 aromatic carbocycles. The molecule has 4 heteroatoms. The van der Waals surface area contributed by atoms with E-state index in [4.69, 9.17) is 4.84 Å². The van der Waals surface area contributed by atoms with E-state index >= 15 is 0 Å². The first-order chi connectivity index (χ1) is 14.1. The Morgan fingerprint density at radius 1 is 0.897 bits per heavy atom. The minimum Gasteiger partial charge on any atom is -0.390 e. The van der Waals surface area contributed by atoms with Crippen LogP contribution in [0.5, 0.6) is 0 Å². The van der Waals surface area contributed by atoms with Gasteiger partial charge in [-0.3, -0.25) is 10.0 Å². The fourth-order valence-electron chi connectivity index (χ4n) is 3.64. The van der Waals surface area contributed by atoms with E-state index in [-0.39, 0.29) is 5.78 Å². The van der Waals surface area contributed by atoms with E-state index in [1.165, 1.54) is 0 Å². The van der Waals surface area contributed by atoms with Crippen molar-refractivity contribution >= 4 is 17.1 Å². The van der Waals surface area contributed by atoms with E-state index < -0.39 is 12.0 Å². The summed E-state index contributed by atoms with van der Waals surface area (Å²) in [4.78, 5) is 19.2. The van der Waals surface area contributed by atoms with Crippen molar-refractivity contribution in [3.8, 4) is 0 Å². The fourth-order valence-corrected chi connectivity index (χ4v) is 3.64. The lowest BCUT2D eigenvalue weighted by molar-refractivity contribution is -0.736. The molecule has 144 valence electrons. The van der Waals surface area contributed by atoms with Gasteiger partial charge in [0.1, 0.15) is 12.0 Å². The first-order valence-electron chi connectivity index (χ1n) is 9.47. The largest absolute Gasteiger partial charge is 0.390 e. The number of nitrogens with zero attached hydrogens (tertiary/aromatic N) is 1. The Hall–Kier alpha value is -3.66. The Labute approximate surface area is 169 Å². The number of carbonyl (C=O) groups is 1. The summed E-state index contributed by atoms with van der Waals surface area (Å²) >= 11 is 0. The molecule has 0 fully saturated rings. The van der Waals surface area contributed by atoms with Gasteiger partial charge in [0.15, 0.2) is 5.78 Å². The van der Waals surface area contributed by atoms with Crippen molar-refractivity contribution in [1.29, 1.82) is 0 Å². The van der Waals surface area contributed by atoms with Crippen molar-refractivity contribution < 1.29 is 14.5 Å². The van der Waals surface area contributed by atoms with Crippen LogP contribution in [0.15, 0.2) is 91.5 Å². The number of ketones is 1. The molecule has 4 nitrogen and oxygen atoms in total. The van der Waals surface area contributed by atoms with Crippen molar-refractivity contribution in [1.82, 2.24) is 0 Å². The Bertz CT molecular complexity index is 1070. The molecule has 0 saturated heterocycles. The number of rotatable bonds is 5. The molecule has 0 amide bonds. The lowest BCUT2D eigenvalue weighted by atomic mass is 9.81. The average Bonchev–Trinajstić information content (AvgIpc) is 3.11. The number of allylic oxidation sites excluding steroid dienone is 1. The van der Waals surface area contributed by atoms with Crippen LogP contribution in [0.4, 0.5) is 0 Å². The SMILES string of the molecule is C=C(C1=[N+]([O-])O[C@@H](C(=O)c2ccccc2)[C@@H]1c1ccc(C)cc1)c1ccccc1. The topological polar surface area (TPSA) is 52.4 Å². The Balaban J connectivity index is 1.79. The average molecular weight is 383 g/mol. The smallest absolute Gasteiger partial charge is 0.261 e. The maximum Gasteiger partial charge on any atom is 0.261 e. The predicted molar refractivity (Wildman–Crippen MR) is 114 cm³/mol. The van der Waals surface area contributed by atoms with Crippen molar-refractivity contribution in [3.05, 3.63) is 119 Å². The normalized spacial score (nSPS) is 18.4. The van der Waals surface area contributed by atoms with Gasteiger partial charge < -0.3 is 4.84 Å². The number of benzene rings is 3. The molecule has 0 radical (unpaired) electrons. The number of Topliss-reactive ketones (excluding diaryl/α,β-unsaturated/α-hetero) is 1. The summed E-state index contributed by atoms with van der Waals surface area (Å²) in [5.41, 5.74) is 4.17. The predicted octanol–water partition coefficient (Wildman–Crippen LogP) is 4.94. The van der Waals surface area contributed by atoms with Gasteiger partial charge in [0.2, 0.25) is 0 Å². The summed E-state index contributed by atoms with van der Waals surface area (Å²) in [5.74, 6) is -0.776. The van der Waals surface area contributed by atoms with Gasteiger partial charge in [0.25, 0.3) is 5.71 Å². The van der Waals surface area contributed by atoms with E-state index in [1.54, 1.807) is 24.3 Å². The van der Waals surface area contributed by atoms with Crippen LogP contribution in [0.2, 0.25) is 0 Å². The minimum atomic E-state index is -0.951. The van der Waals surface area contributed by atoms with Crippen LogP contribution in [0.25, 0.3) is 5.57 Å². The lowest BCUT2D eigenvalue weighted by Crippen LogP contribution is -2.30. The van der Waals surface area contributed by atoms with Gasteiger partial charge in [-0.05, 0) is 18.1 Å². The van der Waals surface area contributed by atoms with Crippen LogP contribution >= 0.6 is 0 Å². The van der Waals surface area contributed by atoms with Crippen molar-refractivity contribution in [3.63, 3.8) is 0 Å². The standard InChI is InChI=1S/C25H21NO3/c1-17-13-15-20(16-14-17)22-23(18(2)19-9-5-3-6-10-19)26(28)29-25(22)24(27)21-11-7-4-8-12-21/h3-16,22,25H,2H2,1H3/t22-,25-/m1/s1. The second-order valence-electron chi connectivity index (χ2n) is 7.13. The Morgan fingerprint density at radius 3 is 2.03 bits per heavy atom. The van der Waals surface area contributed by atoms with Crippen LogP contribution in [-0.2, 0) is 4.84 Å². The van der Waals surface area contributed by atoms with Crippen molar-refractivity contribution in [2.24, 2.45) is 0 Å². The zero-order chi connectivity index (χ0) is 20.4. The van der Waals surface area contributed by atoms with E-state index in [2.05, 4.69) is 6.58 Å². The third-order valence-electron chi connectivity index (χ3n) is 5.19. The molecule has 3 aromatic rings. The fraction of sp³-hybridized carbons (Fsp3) is 0.120. The molecule has 0 saturated carbocycles. The highest BCUT2D eigenvalue weighted by molar-refractivity contribution is 6.25. The molecule has 0 unspecified atom stereocenters. The first kappa shape index (κ1) is 18.7. The summed E-state index contributed by atoms with van der Waals surface area (Å²) in [6.07, 6.45) is -0.951. The van der Waals surface area contributed by atoms with E-state index in [1.807, 2.05) is 67.6 Å². The van der Waals surface area contributed by atoms with Crippen LogP contribution in [0.1, 0.15) is 33.0 Å². The monoisotopic (exact) mass is 383 g/mol. The number of hydrogen-bond acceptors (Lipinski definition) is 3. The second-order valence-corrected chi connectivity index (χ2v) is 7.13. The molecule has 4 rings (SSSR count). The molecular weight excluding hydrogens is 362 g/mol. The third-order valence-corrected chi connectivity index (χ3v) is 5.19. The highest BCUT2D eigenvalue weighted by atomic mass is 16.9. The van der Waals surface area contributed by atoms with Crippen molar-refractivity contribution in [2.75, 3.05) is 0 Å². The summed E-state index contributed by atoms with van der Waals surface area (Å²) in [6, 6.07) is 26.2. The third kappa shape index (κ3) is 3.57. The van der Waals surface area contributed by atoms with Crippen molar-refractivity contribution in [2.45, 2.75) is 18.9 Å². The maximum absolute atomic E-state index is 13.2. The molecule has 29 heavy (non-hydrogen) atoms. The highest BCUT2D eigenvalue weighted by Crippen LogP contribution is 2.36. The van der Waals surface area contributed by atoms with Crippen LogP contribution in [-0.4, -0.2) is 22.5 Å². The number of aryl methyl sites for hydroxylation is 1. The number of hydrogen-bond donors (Lipinski definition) is 0. The summed E-state index contributed by atoms with van der Waals surface area (Å²) in [5, 5.41) is 12.8. The molecule has 0 spiro atoms. The van der Waals surface area contributed by atoms with E-state index in [0.29, 0.717) is 21.8 Å². The van der Waals surface area contributed by atoms with Gasteiger partial charge in [-0.25, -0.2) is 0 Å². The summed E-state index contributed by atoms with van der Waals surface area (Å²) < 4.78 is 0. The highest BCUT2D eigenvalue weighted by Gasteiger charge is 2.46. The maximum atomic E-state index is 13.2. The van der Waals surface area contributed by atoms with E-state index in [9.17, 15) is 10.0 Å². The van der Waals surface area contributed by atoms with Crippen LogP contribution in [0, 0.1) is 12.1 Å². The van der Waals surface area contributed by atoms with Gasteiger partial charge in [-0.15, -0.1) is 0 Å². The Kier molecular flexibility index (Phi) is 5.00. The Morgan fingerprint density at radius 2 is 1.45 bits per heavy atom.